The van der Waals surface area contributed by atoms with E-state index in [0.717, 1.165) is 26.9 Å². The molecule has 2 aliphatic rings. The van der Waals surface area contributed by atoms with Gasteiger partial charge in [0.25, 0.3) is 0 Å². The lowest BCUT2D eigenvalue weighted by Crippen LogP contribution is -2.24. The molecule has 0 saturated heterocycles. The van der Waals surface area contributed by atoms with E-state index in [9.17, 15) is 4.79 Å². The number of hydrogen-bond donors (Lipinski definition) is 0. The minimum atomic E-state index is 0.0431. The van der Waals surface area contributed by atoms with Crippen LogP contribution in [0.25, 0.3) is 6.08 Å². The summed E-state index contributed by atoms with van der Waals surface area (Å²) in [6.45, 7) is 0. The summed E-state index contributed by atoms with van der Waals surface area (Å²) in [6, 6.07) is 7.90. The standard InChI is InChI=1S/C17H15NO2S/c1-18-15-11-13(19)6-9-16(15)21-17(18)10-5-12-3-7-14(20-2)8-4-12/h3-11H,1-2H3/b10-5+. The summed E-state index contributed by atoms with van der Waals surface area (Å²) in [5, 5.41) is 0. The predicted octanol–water partition coefficient (Wildman–Crippen LogP) is 2.71. The average molecular weight is 297 g/mol. The summed E-state index contributed by atoms with van der Waals surface area (Å²) in [4.78, 5) is 15.7. The third kappa shape index (κ3) is 2.76. The van der Waals surface area contributed by atoms with Gasteiger partial charge in [-0.1, -0.05) is 18.2 Å². The molecule has 1 aliphatic heterocycles. The Balaban J connectivity index is 1.83. The number of ketones is 1. The fourth-order valence-corrected chi connectivity index (χ4v) is 3.21. The number of fused-ring (bicyclic) bond motifs is 1. The molecular weight excluding hydrogens is 282 g/mol. The van der Waals surface area contributed by atoms with E-state index in [1.807, 2.05) is 42.3 Å². The average Bonchev–Trinajstić information content (AvgIpc) is 2.82. The molecule has 0 spiro atoms. The zero-order valence-corrected chi connectivity index (χ0v) is 12.7. The Hall–Kier alpha value is -2.33. The molecule has 0 atom stereocenters. The molecule has 0 N–H and O–H groups in total. The van der Waals surface area contributed by atoms with Gasteiger partial charge in [0.15, 0.2) is 5.78 Å². The molecule has 21 heavy (non-hydrogen) atoms. The monoisotopic (exact) mass is 297 g/mol. The topological polar surface area (TPSA) is 29.5 Å². The Bertz CT molecular complexity index is 747. The third-order valence-electron chi connectivity index (χ3n) is 3.37. The van der Waals surface area contributed by atoms with Gasteiger partial charge in [-0.3, -0.25) is 4.79 Å². The van der Waals surface area contributed by atoms with Crippen molar-refractivity contribution >= 4 is 32.7 Å². The molecule has 1 aromatic rings. The molecule has 1 aliphatic carbocycles. The summed E-state index contributed by atoms with van der Waals surface area (Å²) < 4.78 is 5.15. The van der Waals surface area contributed by atoms with E-state index in [1.165, 1.54) is 0 Å². The quantitative estimate of drug-likeness (QED) is 0.634. The molecule has 0 amide bonds. The van der Waals surface area contributed by atoms with E-state index in [2.05, 4.69) is 12.2 Å². The van der Waals surface area contributed by atoms with Crippen LogP contribution in [0.5, 0.6) is 5.75 Å². The largest absolute Gasteiger partial charge is 0.497 e. The summed E-state index contributed by atoms with van der Waals surface area (Å²) in [5.74, 6) is 0.893. The highest BCUT2D eigenvalue weighted by molar-refractivity contribution is 7.99. The Morgan fingerprint density at radius 1 is 1.14 bits per heavy atom. The first kappa shape index (κ1) is 13.6. The highest BCUT2D eigenvalue weighted by atomic mass is 32.1. The molecule has 0 fully saturated rings. The van der Waals surface area contributed by atoms with Crippen molar-refractivity contribution in [2.45, 2.75) is 0 Å². The van der Waals surface area contributed by atoms with Crippen LogP contribution in [0.4, 0.5) is 0 Å². The number of hydrogen-bond acceptors (Lipinski definition) is 3. The first-order chi connectivity index (χ1) is 10.2. The SMILES string of the molecule is COc1ccc(/C=C/C2=S=C3C=CC(=O)C=C3N2C)cc1. The van der Waals surface area contributed by atoms with Crippen molar-refractivity contribution in [2.75, 3.05) is 14.2 Å². The van der Waals surface area contributed by atoms with Crippen LogP contribution in [0, 0.1) is 0 Å². The maximum absolute atomic E-state index is 11.4. The highest BCUT2D eigenvalue weighted by Crippen LogP contribution is 2.21. The Kier molecular flexibility index (Phi) is 3.62. The van der Waals surface area contributed by atoms with Crippen LogP contribution in [0.3, 0.4) is 0 Å². The molecule has 0 saturated carbocycles. The molecular formula is C17H15NO2S. The molecule has 0 aromatic heterocycles. The Labute approximate surface area is 127 Å². The second-order valence-electron chi connectivity index (χ2n) is 4.74. The lowest BCUT2D eigenvalue weighted by Gasteiger charge is -2.17. The van der Waals surface area contributed by atoms with E-state index in [1.54, 1.807) is 30.2 Å². The Morgan fingerprint density at radius 2 is 1.90 bits per heavy atom. The van der Waals surface area contributed by atoms with Crippen LogP contribution in [-0.4, -0.2) is 34.7 Å². The van der Waals surface area contributed by atoms with Gasteiger partial charge in [0.1, 0.15) is 5.75 Å². The van der Waals surface area contributed by atoms with Crippen molar-refractivity contribution in [3.8, 4) is 5.75 Å². The number of carbonyl (C=O) groups excluding carboxylic acids is 1. The van der Waals surface area contributed by atoms with Gasteiger partial charge in [0.2, 0.25) is 0 Å². The van der Waals surface area contributed by atoms with E-state index in [0.29, 0.717) is 0 Å². The number of rotatable bonds is 3. The zero-order valence-electron chi connectivity index (χ0n) is 11.9. The van der Waals surface area contributed by atoms with Crippen molar-refractivity contribution in [3.05, 3.63) is 59.8 Å². The second-order valence-corrected chi connectivity index (χ2v) is 5.80. The molecule has 3 nitrogen and oxygen atoms in total. The third-order valence-corrected chi connectivity index (χ3v) is 4.56. The van der Waals surface area contributed by atoms with E-state index in [4.69, 9.17) is 4.74 Å². The van der Waals surface area contributed by atoms with Crippen molar-refractivity contribution in [3.63, 3.8) is 0 Å². The number of ether oxygens (including phenoxy) is 1. The van der Waals surface area contributed by atoms with Crippen LogP contribution < -0.4 is 4.74 Å². The number of methoxy groups -OCH3 is 1. The number of likely N-dealkylation sites (N-methyl/N-ethyl adjacent to an activating group) is 1. The lowest BCUT2D eigenvalue weighted by molar-refractivity contribution is -0.110. The Morgan fingerprint density at radius 3 is 2.62 bits per heavy atom. The first-order valence-corrected chi connectivity index (χ1v) is 7.41. The van der Waals surface area contributed by atoms with Gasteiger partial charge in [-0.25, -0.2) is 0 Å². The van der Waals surface area contributed by atoms with Crippen molar-refractivity contribution < 1.29 is 9.53 Å². The van der Waals surface area contributed by atoms with Gasteiger partial charge in [-0.2, -0.15) is 0 Å². The van der Waals surface area contributed by atoms with Crippen molar-refractivity contribution in [1.29, 1.82) is 0 Å². The molecule has 1 aromatic carbocycles. The molecule has 1 heterocycles. The summed E-state index contributed by atoms with van der Waals surface area (Å²) in [7, 11) is 5.31. The molecule has 0 radical (unpaired) electrons. The van der Waals surface area contributed by atoms with E-state index in [-0.39, 0.29) is 5.78 Å². The maximum Gasteiger partial charge on any atom is 0.180 e. The number of allylic oxidation sites excluding steroid dienone is 3. The fourth-order valence-electron chi connectivity index (χ4n) is 2.17. The molecule has 0 unspecified atom stereocenters. The number of benzene rings is 1. The first-order valence-electron chi connectivity index (χ1n) is 6.59. The summed E-state index contributed by atoms with van der Waals surface area (Å²) in [6.07, 6.45) is 9.29. The maximum atomic E-state index is 11.4. The predicted molar refractivity (Wildman–Crippen MR) is 89.6 cm³/mol. The summed E-state index contributed by atoms with van der Waals surface area (Å²) >= 11 is 0. The minimum Gasteiger partial charge on any atom is -0.497 e. The molecule has 3 rings (SSSR count). The molecule has 106 valence electrons. The van der Waals surface area contributed by atoms with Gasteiger partial charge in [-0.05, 0) is 35.9 Å². The van der Waals surface area contributed by atoms with Crippen LogP contribution in [0.15, 0.2) is 54.3 Å². The van der Waals surface area contributed by atoms with Crippen molar-refractivity contribution in [1.82, 2.24) is 4.90 Å². The van der Waals surface area contributed by atoms with Crippen LogP contribution in [0.1, 0.15) is 5.56 Å². The van der Waals surface area contributed by atoms with Gasteiger partial charge in [0.05, 0.1) is 22.7 Å². The van der Waals surface area contributed by atoms with Crippen LogP contribution in [0.2, 0.25) is 0 Å². The van der Waals surface area contributed by atoms with Gasteiger partial charge >= 0.3 is 0 Å². The second kappa shape index (κ2) is 5.58. The fraction of sp³-hybridized carbons (Fsp3) is 0.118. The van der Waals surface area contributed by atoms with Gasteiger partial charge < -0.3 is 9.64 Å². The zero-order chi connectivity index (χ0) is 14.8. The van der Waals surface area contributed by atoms with E-state index >= 15 is 0 Å². The molecule has 0 bridgehead atoms. The van der Waals surface area contributed by atoms with Gasteiger partial charge in [0, 0.05) is 13.1 Å². The lowest BCUT2D eigenvalue weighted by atomic mass is 10.1. The van der Waals surface area contributed by atoms with E-state index < -0.39 is 0 Å². The smallest absolute Gasteiger partial charge is 0.180 e. The number of nitrogens with zero attached hydrogens (tertiary/aromatic N) is 1. The summed E-state index contributed by atoms with van der Waals surface area (Å²) in [5.41, 5.74) is 2.08. The van der Waals surface area contributed by atoms with Gasteiger partial charge in [-0.15, -0.1) is 10.9 Å². The van der Waals surface area contributed by atoms with Crippen LogP contribution >= 0.6 is 10.9 Å². The molecule has 4 heteroatoms. The van der Waals surface area contributed by atoms with Crippen molar-refractivity contribution in [2.24, 2.45) is 0 Å². The van der Waals surface area contributed by atoms with Crippen LogP contribution in [-0.2, 0) is 4.79 Å². The highest BCUT2D eigenvalue weighted by Gasteiger charge is 2.20. The number of carbonyl (C=O) groups is 1. The minimum absolute atomic E-state index is 0.0431. The normalized spacial score (nSPS) is 17.1.